The third kappa shape index (κ3) is 2.13. The van der Waals surface area contributed by atoms with E-state index >= 15 is 0 Å². The third-order valence-electron chi connectivity index (χ3n) is 3.13. The number of aliphatic hydroxyl groups is 1. The predicted molar refractivity (Wildman–Crippen MR) is 65.2 cm³/mol. The molecule has 1 aliphatic heterocycles. The van der Waals surface area contributed by atoms with Gasteiger partial charge < -0.3 is 15.1 Å². The highest BCUT2D eigenvalue weighted by atomic mass is 16.3. The lowest BCUT2D eigenvalue weighted by Gasteiger charge is -2.16. The molecule has 0 bridgehead atoms. The van der Waals surface area contributed by atoms with E-state index in [9.17, 15) is 9.90 Å². The summed E-state index contributed by atoms with van der Waals surface area (Å²) in [6.45, 7) is 2.69. The number of carbonyl (C=O) groups excluding carboxylic acids is 1. The molecule has 1 heterocycles. The minimum absolute atomic E-state index is 0.0845. The lowest BCUT2D eigenvalue weighted by molar-refractivity contribution is -0.117. The molecule has 0 radical (unpaired) electrons. The summed E-state index contributed by atoms with van der Waals surface area (Å²) in [7, 11) is 0. The average Bonchev–Trinajstić information content (AvgIpc) is 2.60. The topological polar surface area (TPSA) is 60.8 Å². The first-order chi connectivity index (χ1) is 8.17. The molecule has 2 N–H and O–H groups in total. The van der Waals surface area contributed by atoms with Crippen molar-refractivity contribution in [3.63, 3.8) is 0 Å². The van der Waals surface area contributed by atoms with Gasteiger partial charge in [-0.2, -0.15) is 0 Å². The van der Waals surface area contributed by atoms with E-state index in [1.54, 1.807) is 11.0 Å². The monoisotopic (exact) mass is 235 g/mol. The SMILES string of the molecule is CCN1C(=O)Cc2cc(O)c(CCCO)cc21. The van der Waals surface area contributed by atoms with Crippen LogP contribution in [-0.4, -0.2) is 29.3 Å². The normalized spacial score (nSPS) is 14.2. The number of anilines is 1. The largest absolute Gasteiger partial charge is 0.508 e. The number of hydrogen-bond donors (Lipinski definition) is 2. The molecule has 1 amide bonds. The molecule has 0 aliphatic carbocycles. The smallest absolute Gasteiger partial charge is 0.231 e. The summed E-state index contributed by atoms with van der Waals surface area (Å²) in [5.41, 5.74) is 2.59. The molecule has 0 saturated heterocycles. The van der Waals surface area contributed by atoms with Crippen LogP contribution in [0, 0.1) is 0 Å². The van der Waals surface area contributed by atoms with Gasteiger partial charge in [0.25, 0.3) is 0 Å². The number of benzene rings is 1. The van der Waals surface area contributed by atoms with E-state index in [4.69, 9.17) is 5.11 Å². The summed E-state index contributed by atoms with van der Waals surface area (Å²) in [6, 6.07) is 3.55. The molecule has 1 aromatic rings. The molecule has 4 heteroatoms. The summed E-state index contributed by atoms with van der Waals surface area (Å²) in [4.78, 5) is 13.4. The number of aryl methyl sites for hydroxylation is 1. The van der Waals surface area contributed by atoms with E-state index < -0.39 is 0 Å². The van der Waals surface area contributed by atoms with Crippen LogP contribution in [0.2, 0.25) is 0 Å². The maximum Gasteiger partial charge on any atom is 0.231 e. The van der Waals surface area contributed by atoms with Crippen molar-refractivity contribution in [2.45, 2.75) is 26.2 Å². The molecular weight excluding hydrogens is 218 g/mol. The molecular formula is C13H17NO3. The Morgan fingerprint density at radius 1 is 1.41 bits per heavy atom. The van der Waals surface area contributed by atoms with Crippen LogP contribution in [0.4, 0.5) is 5.69 Å². The molecule has 0 unspecified atom stereocenters. The number of amides is 1. The van der Waals surface area contributed by atoms with Crippen molar-refractivity contribution in [2.75, 3.05) is 18.1 Å². The summed E-state index contributed by atoms with van der Waals surface area (Å²) >= 11 is 0. The summed E-state index contributed by atoms with van der Waals surface area (Å²) in [6.07, 6.45) is 1.62. The van der Waals surface area contributed by atoms with Gasteiger partial charge in [0.2, 0.25) is 5.91 Å². The second-order valence-corrected chi connectivity index (χ2v) is 4.25. The summed E-state index contributed by atoms with van der Waals surface area (Å²) in [5.74, 6) is 0.309. The zero-order chi connectivity index (χ0) is 12.4. The highest BCUT2D eigenvalue weighted by Crippen LogP contribution is 2.34. The van der Waals surface area contributed by atoms with E-state index in [0.717, 1.165) is 16.8 Å². The van der Waals surface area contributed by atoms with Gasteiger partial charge in [0.15, 0.2) is 0 Å². The van der Waals surface area contributed by atoms with Crippen molar-refractivity contribution in [3.8, 4) is 5.75 Å². The number of aromatic hydroxyl groups is 1. The number of nitrogens with zero attached hydrogens (tertiary/aromatic N) is 1. The molecule has 1 aliphatic rings. The molecule has 0 spiro atoms. The third-order valence-corrected chi connectivity index (χ3v) is 3.13. The Morgan fingerprint density at radius 3 is 2.82 bits per heavy atom. The Labute approximate surface area is 100 Å². The van der Waals surface area contributed by atoms with E-state index in [1.807, 2.05) is 13.0 Å². The standard InChI is InChI=1S/C13H17NO3/c1-2-14-11-6-9(4-3-5-15)12(16)7-10(11)8-13(14)17/h6-7,15-16H,2-5,8H2,1H3. The van der Waals surface area contributed by atoms with Gasteiger partial charge in [0.1, 0.15) is 5.75 Å². The van der Waals surface area contributed by atoms with Crippen molar-refractivity contribution in [2.24, 2.45) is 0 Å². The first-order valence-corrected chi connectivity index (χ1v) is 5.93. The van der Waals surface area contributed by atoms with Gasteiger partial charge in [-0.3, -0.25) is 4.79 Å². The van der Waals surface area contributed by atoms with Crippen LogP contribution in [0.15, 0.2) is 12.1 Å². The van der Waals surface area contributed by atoms with Crippen molar-refractivity contribution in [1.82, 2.24) is 0 Å². The van der Waals surface area contributed by atoms with Gasteiger partial charge in [-0.15, -0.1) is 0 Å². The first-order valence-electron chi connectivity index (χ1n) is 5.93. The first kappa shape index (κ1) is 11.9. The van der Waals surface area contributed by atoms with Crippen LogP contribution in [0.25, 0.3) is 0 Å². The number of aliphatic hydroxyl groups excluding tert-OH is 1. The van der Waals surface area contributed by atoms with Gasteiger partial charge in [-0.25, -0.2) is 0 Å². The van der Waals surface area contributed by atoms with E-state index in [-0.39, 0.29) is 18.3 Å². The fraction of sp³-hybridized carbons (Fsp3) is 0.462. The number of fused-ring (bicyclic) bond motifs is 1. The highest BCUT2D eigenvalue weighted by Gasteiger charge is 2.27. The molecule has 0 saturated carbocycles. The van der Waals surface area contributed by atoms with Crippen molar-refractivity contribution in [1.29, 1.82) is 0 Å². The zero-order valence-electron chi connectivity index (χ0n) is 9.94. The molecule has 2 rings (SSSR count). The number of phenolic OH excluding ortho intramolecular Hbond substituents is 1. The molecule has 0 fully saturated rings. The van der Waals surface area contributed by atoms with Gasteiger partial charge in [0.05, 0.1) is 6.42 Å². The highest BCUT2D eigenvalue weighted by molar-refractivity contribution is 6.01. The van der Waals surface area contributed by atoms with Gasteiger partial charge in [-0.1, -0.05) is 0 Å². The lowest BCUT2D eigenvalue weighted by atomic mass is 10.0. The summed E-state index contributed by atoms with van der Waals surface area (Å²) < 4.78 is 0. The second-order valence-electron chi connectivity index (χ2n) is 4.25. The molecule has 0 atom stereocenters. The Balaban J connectivity index is 2.35. The quantitative estimate of drug-likeness (QED) is 0.825. The fourth-order valence-electron chi connectivity index (χ4n) is 2.27. The van der Waals surface area contributed by atoms with Crippen LogP contribution in [0.1, 0.15) is 24.5 Å². The average molecular weight is 235 g/mol. The number of rotatable bonds is 4. The number of phenols is 1. The van der Waals surface area contributed by atoms with Crippen LogP contribution in [-0.2, 0) is 17.6 Å². The molecule has 1 aromatic carbocycles. The van der Waals surface area contributed by atoms with Crippen LogP contribution < -0.4 is 4.90 Å². The lowest BCUT2D eigenvalue weighted by Crippen LogP contribution is -2.25. The minimum atomic E-state index is 0.0845. The van der Waals surface area contributed by atoms with E-state index in [1.165, 1.54) is 0 Å². The summed E-state index contributed by atoms with van der Waals surface area (Å²) in [5, 5.41) is 18.6. The van der Waals surface area contributed by atoms with Crippen molar-refractivity contribution in [3.05, 3.63) is 23.3 Å². The Bertz CT molecular complexity index is 443. The van der Waals surface area contributed by atoms with E-state index in [2.05, 4.69) is 0 Å². The molecule has 4 nitrogen and oxygen atoms in total. The van der Waals surface area contributed by atoms with Gasteiger partial charge in [0, 0.05) is 18.8 Å². The Kier molecular flexibility index (Phi) is 3.33. The maximum absolute atomic E-state index is 11.7. The number of carbonyl (C=O) groups is 1. The zero-order valence-corrected chi connectivity index (χ0v) is 9.94. The molecule has 92 valence electrons. The Morgan fingerprint density at radius 2 is 2.18 bits per heavy atom. The predicted octanol–water partition coefficient (Wildman–Crippen LogP) is 1.23. The fourth-order valence-corrected chi connectivity index (χ4v) is 2.27. The van der Waals surface area contributed by atoms with Crippen LogP contribution >= 0.6 is 0 Å². The van der Waals surface area contributed by atoms with Gasteiger partial charge >= 0.3 is 0 Å². The van der Waals surface area contributed by atoms with Crippen LogP contribution in [0.5, 0.6) is 5.75 Å². The Hall–Kier alpha value is -1.55. The van der Waals surface area contributed by atoms with Crippen molar-refractivity contribution < 1.29 is 15.0 Å². The maximum atomic E-state index is 11.7. The van der Waals surface area contributed by atoms with Crippen molar-refractivity contribution >= 4 is 11.6 Å². The molecule has 0 aromatic heterocycles. The van der Waals surface area contributed by atoms with E-state index in [0.29, 0.717) is 25.8 Å². The minimum Gasteiger partial charge on any atom is -0.508 e. The molecule has 17 heavy (non-hydrogen) atoms. The number of hydrogen-bond acceptors (Lipinski definition) is 3. The second kappa shape index (κ2) is 4.75. The van der Waals surface area contributed by atoms with Gasteiger partial charge in [-0.05, 0) is 43.0 Å². The number of likely N-dealkylation sites (N-methyl/N-ethyl adjacent to an activating group) is 1. The van der Waals surface area contributed by atoms with Crippen LogP contribution in [0.3, 0.4) is 0 Å².